The minimum atomic E-state index is -0.918. The molecule has 3 nitrogen and oxygen atoms in total. The van der Waals surface area contributed by atoms with E-state index >= 15 is 0 Å². The summed E-state index contributed by atoms with van der Waals surface area (Å²) in [6.07, 6.45) is 0. The number of hydrogen-bond donors (Lipinski definition) is 1. The summed E-state index contributed by atoms with van der Waals surface area (Å²) in [7, 11) is 0. The summed E-state index contributed by atoms with van der Waals surface area (Å²) < 4.78 is 27.5. The average Bonchev–Trinajstić information content (AvgIpc) is 2.39. The fourth-order valence-corrected chi connectivity index (χ4v) is 1.89. The van der Waals surface area contributed by atoms with Crippen molar-refractivity contribution in [3.63, 3.8) is 0 Å². The number of benzene rings is 1. The molecule has 0 atom stereocenters. The van der Waals surface area contributed by atoms with Gasteiger partial charge in [-0.05, 0) is 30.7 Å². The van der Waals surface area contributed by atoms with Crippen LogP contribution < -0.4 is 11.3 Å². The van der Waals surface area contributed by atoms with Crippen LogP contribution >= 0.6 is 0 Å². The molecule has 19 heavy (non-hydrogen) atoms. The van der Waals surface area contributed by atoms with Gasteiger partial charge in [0.1, 0.15) is 0 Å². The van der Waals surface area contributed by atoms with E-state index in [0.29, 0.717) is 11.1 Å². The van der Waals surface area contributed by atoms with Gasteiger partial charge in [-0.3, -0.25) is 4.79 Å². The summed E-state index contributed by atoms with van der Waals surface area (Å²) in [5.41, 5.74) is 7.04. The summed E-state index contributed by atoms with van der Waals surface area (Å²) >= 11 is 0. The topological polar surface area (TPSA) is 48.0 Å². The van der Waals surface area contributed by atoms with E-state index < -0.39 is 11.6 Å². The quantitative estimate of drug-likeness (QED) is 0.921. The number of nitrogens with zero attached hydrogens (tertiary/aromatic N) is 1. The highest BCUT2D eigenvalue weighted by molar-refractivity contribution is 5.21. The van der Waals surface area contributed by atoms with Crippen molar-refractivity contribution in [3.05, 3.63) is 69.1 Å². The molecular weight excluding hydrogens is 250 g/mol. The van der Waals surface area contributed by atoms with E-state index in [-0.39, 0.29) is 18.6 Å². The van der Waals surface area contributed by atoms with Crippen LogP contribution in [-0.4, -0.2) is 4.57 Å². The molecule has 0 bridgehead atoms. The van der Waals surface area contributed by atoms with Crippen molar-refractivity contribution >= 4 is 0 Å². The van der Waals surface area contributed by atoms with Crippen molar-refractivity contribution < 1.29 is 8.78 Å². The molecule has 0 aliphatic rings. The van der Waals surface area contributed by atoms with E-state index in [1.54, 1.807) is 19.1 Å². The lowest BCUT2D eigenvalue weighted by Crippen LogP contribution is -2.27. The predicted octanol–water partition coefficient (Wildman–Crippen LogP) is 1.94. The highest BCUT2D eigenvalue weighted by Gasteiger charge is 2.08. The lowest BCUT2D eigenvalue weighted by Gasteiger charge is -2.11. The van der Waals surface area contributed by atoms with Gasteiger partial charge in [-0.15, -0.1) is 0 Å². The zero-order valence-corrected chi connectivity index (χ0v) is 10.5. The summed E-state index contributed by atoms with van der Waals surface area (Å²) in [4.78, 5) is 12.1. The molecule has 0 unspecified atom stereocenters. The van der Waals surface area contributed by atoms with Gasteiger partial charge in [0, 0.05) is 17.8 Å². The monoisotopic (exact) mass is 264 g/mol. The largest absolute Gasteiger partial charge is 0.326 e. The maximum absolute atomic E-state index is 13.1. The third kappa shape index (κ3) is 2.71. The molecule has 2 N–H and O–H groups in total. The zero-order valence-electron chi connectivity index (χ0n) is 10.5. The van der Waals surface area contributed by atoms with Gasteiger partial charge in [0.05, 0.1) is 6.54 Å². The molecule has 1 aromatic carbocycles. The van der Waals surface area contributed by atoms with Gasteiger partial charge in [-0.25, -0.2) is 8.78 Å². The maximum Gasteiger partial charge on any atom is 0.255 e. The first-order valence-electron chi connectivity index (χ1n) is 5.86. The van der Waals surface area contributed by atoms with E-state index in [0.717, 1.165) is 17.8 Å². The first-order valence-corrected chi connectivity index (χ1v) is 5.86. The van der Waals surface area contributed by atoms with Gasteiger partial charge in [0.25, 0.3) is 5.56 Å². The minimum Gasteiger partial charge on any atom is -0.326 e. The number of hydrogen-bond acceptors (Lipinski definition) is 2. The third-order valence-corrected chi connectivity index (χ3v) is 3.02. The van der Waals surface area contributed by atoms with Crippen molar-refractivity contribution in [1.29, 1.82) is 0 Å². The molecule has 0 spiro atoms. The van der Waals surface area contributed by atoms with E-state index in [4.69, 9.17) is 5.73 Å². The predicted molar refractivity (Wildman–Crippen MR) is 68.8 cm³/mol. The number of aryl methyl sites for hydroxylation is 1. The maximum atomic E-state index is 13.1. The van der Waals surface area contributed by atoms with Crippen molar-refractivity contribution in [3.8, 4) is 0 Å². The van der Waals surface area contributed by atoms with Crippen LogP contribution in [0.5, 0.6) is 0 Å². The van der Waals surface area contributed by atoms with Crippen molar-refractivity contribution in [1.82, 2.24) is 4.57 Å². The van der Waals surface area contributed by atoms with Crippen LogP contribution in [0.25, 0.3) is 0 Å². The van der Waals surface area contributed by atoms with Gasteiger partial charge >= 0.3 is 0 Å². The number of rotatable bonds is 3. The van der Waals surface area contributed by atoms with Crippen LogP contribution in [0.4, 0.5) is 8.78 Å². The molecule has 0 saturated heterocycles. The smallest absolute Gasteiger partial charge is 0.255 e. The van der Waals surface area contributed by atoms with Crippen LogP contribution in [0.1, 0.15) is 16.8 Å². The highest BCUT2D eigenvalue weighted by Crippen LogP contribution is 2.10. The lowest BCUT2D eigenvalue weighted by molar-refractivity contribution is 0.506. The molecule has 0 radical (unpaired) electrons. The summed E-state index contributed by atoms with van der Waals surface area (Å²) in [6.45, 7) is 2.12. The first kappa shape index (κ1) is 13.4. The Morgan fingerprint density at radius 3 is 2.53 bits per heavy atom. The summed E-state index contributed by atoms with van der Waals surface area (Å²) in [5, 5.41) is 0. The number of pyridine rings is 1. The van der Waals surface area contributed by atoms with Crippen LogP contribution in [-0.2, 0) is 13.1 Å². The second kappa shape index (κ2) is 5.32. The summed E-state index contributed by atoms with van der Waals surface area (Å²) in [5.74, 6) is -1.82. The molecule has 0 aliphatic carbocycles. The lowest BCUT2D eigenvalue weighted by atomic mass is 10.2. The Hall–Kier alpha value is -2.01. The zero-order chi connectivity index (χ0) is 14.0. The standard InChI is InChI=1S/C14H14F2N2O/c1-9-2-4-11(7-17)14(19)18(9)8-10-3-5-12(15)13(16)6-10/h2-6H,7-8,17H2,1H3. The number of nitrogens with two attached hydrogens (primary N) is 1. The van der Waals surface area contributed by atoms with Gasteiger partial charge in [0.2, 0.25) is 0 Å². The fraction of sp³-hybridized carbons (Fsp3) is 0.214. The first-order chi connectivity index (χ1) is 9.02. The highest BCUT2D eigenvalue weighted by atomic mass is 19.2. The minimum absolute atomic E-state index is 0.150. The number of aromatic nitrogens is 1. The van der Waals surface area contributed by atoms with Gasteiger partial charge < -0.3 is 10.3 Å². The normalized spacial score (nSPS) is 10.7. The van der Waals surface area contributed by atoms with Crippen LogP contribution in [0.2, 0.25) is 0 Å². The Balaban J connectivity index is 2.43. The fourth-order valence-electron chi connectivity index (χ4n) is 1.89. The second-order valence-corrected chi connectivity index (χ2v) is 4.34. The molecule has 0 aliphatic heterocycles. The van der Waals surface area contributed by atoms with E-state index in [2.05, 4.69) is 0 Å². The van der Waals surface area contributed by atoms with Gasteiger partial charge in [-0.1, -0.05) is 12.1 Å². The molecule has 1 heterocycles. The molecule has 5 heteroatoms. The Kier molecular flexibility index (Phi) is 3.76. The molecule has 0 amide bonds. The van der Waals surface area contributed by atoms with E-state index in [9.17, 15) is 13.6 Å². The Morgan fingerprint density at radius 1 is 1.16 bits per heavy atom. The van der Waals surface area contributed by atoms with Crippen LogP contribution in [0, 0.1) is 18.6 Å². The van der Waals surface area contributed by atoms with Gasteiger partial charge in [0.15, 0.2) is 11.6 Å². The second-order valence-electron chi connectivity index (χ2n) is 4.34. The Morgan fingerprint density at radius 2 is 1.89 bits per heavy atom. The van der Waals surface area contributed by atoms with Crippen molar-refractivity contribution in [2.45, 2.75) is 20.0 Å². The molecule has 2 aromatic rings. The van der Waals surface area contributed by atoms with Crippen molar-refractivity contribution in [2.75, 3.05) is 0 Å². The average molecular weight is 264 g/mol. The molecule has 0 fully saturated rings. The summed E-state index contributed by atoms with van der Waals surface area (Å²) in [6, 6.07) is 7.07. The molecule has 1 aromatic heterocycles. The molecule has 100 valence electrons. The molecular formula is C14H14F2N2O. The van der Waals surface area contributed by atoms with E-state index in [1.807, 2.05) is 0 Å². The van der Waals surface area contributed by atoms with Crippen LogP contribution in [0.15, 0.2) is 35.1 Å². The molecule has 2 rings (SSSR count). The Labute approximate surface area is 109 Å². The van der Waals surface area contributed by atoms with E-state index in [1.165, 1.54) is 10.6 Å². The van der Waals surface area contributed by atoms with Gasteiger partial charge in [-0.2, -0.15) is 0 Å². The molecule has 0 saturated carbocycles. The Bertz CT molecular complexity index is 665. The van der Waals surface area contributed by atoms with Crippen molar-refractivity contribution in [2.24, 2.45) is 5.73 Å². The number of halogens is 2. The third-order valence-electron chi connectivity index (χ3n) is 3.02. The van der Waals surface area contributed by atoms with Crippen LogP contribution in [0.3, 0.4) is 0 Å². The SMILES string of the molecule is Cc1ccc(CN)c(=O)n1Cc1ccc(F)c(F)c1.